The summed E-state index contributed by atoms with van der Waals surface area (Å²) in [5.41, 5.74) is 6.38. The highest BCUT2D eigenvalue weighted by atomic mass is 19.4. The third kappa shape index (κ3) is 2.35. The first kappa shape index (κ1) is 14.6. The second kappa shape index (κ2) is 5.14. The molecule has 1 heterocycles. The standard InChI is InChI=1S/C16H13F3N2O/c17-16(18,19)11-8-6-10(7-9-11)14-13(20)15(22)21(14)12-4-2-1-3-5-12/h1-9,13-14H,20H2/t13-,14-/m1/s1. The molecule has 3 nitrogen and oxygen atoms in total. The molecule has 3 rings (SSSR count). The molecule has 0 aliphatic carbocycles. The number of hydrogen-bond acceptors (Lipinski definition) is 2. The van der Waals surface area contributed by atoms with E-state index < -0.39 is 23.8 Å². The Morgan fingerprint density at radius 3 is 2.09 bits per heavy atom. The maximum Gasteiger partial charge on any atom is 0.416 e. The second-order valence-electron chi connectivity index (χ2n) is 5.13. The number of carbonyl (C=O) groups is 1. The van der Waals surface area contributed by atoms with Gasteiger partial charge in [-0.15, -0.1) is 0 Å². The summed E-state index contributed by atoms with van der Waals surface area (Å²) in [6.45, 7) is 0. The number of nitrogens with two attached hydrogens (primary N) is 1. The van der Waals surface area contributed by atoms with Crippen molar-refractivity contribution in [2.24, 2.45) is 5.73 Å². The van der Waals surface area contributed by atoms with E-state index in [1.165, 1.54) is 17.0 Å². The van der Waals surface area contributed by atoms with Gasteiger partial charge < -0.3 is 10.6 Å². The third-order valence-electron chi connectivity index (χ3n) is 3.75. The van der Waals surface area contributed by atoms with Gasteiger partial charge in [-0.1, -0.05) is 30.3 Å². The van der Waals surface area contributed by atoms with E-state index in [1.807, 2.05) is 6.07 Å². The quantitative estimate of drug-likeness (QED) is 0.867. The predicted octanol–water partition coefficient (Wildman–Crippen LogP) is 3.12. The average molecular weight is 306 g/mol. The summed E-state index contributed by atoms with van der Waals surface area (Å²) in [7, 11) is 0. The number of para-hydroxylation sites is 1. The second-order valence-corrected chi connectivity index (χ2v) is 5.13. The van der Waals surface area contributed by atoms with Crippen LogP contribution >= 0.6 is 0 Å². The Bertz CT molecular complexity index is 683. The van der Waals surface area contributed by atoms with Crippen LogP contribution in [-0.2, 0) is 11.0 Å². The first-order valence-electron chi connectivity index (χ1n) is 6.70. The van der Waals surface area contributed by atoms with E-state index in [0.717, 1.165) is 12.1 Å². The number of hydrogen-bond donors (Lipinski definition) is 1. The van der Waals surface area contributed by atoms with Crippen molar-refractivity contribution in [1.29, 1.82) is 0 Å². The maximum absolute atomic E-state index is 12.6. The average Bonchev–Trinajstić information content (AvgIpc) is 2.51. The maximum atomic E-state index is 12.6. The molecular weight excluding hydrogens is 293 g/mol. The predicted molar refractivity (Wildman–Crippen MR) is 76.1 cm³/mol. The zero-order chi connectivity index (χ0) is 15.9. The fourth-order valence-corrected chi connectivity index (χ4v) is 2.61. The highest BCUT2D eigenvalue weighted by Crippen LogP contribution is 2.39. The number of rotatable bonds is 2. The zero-order valence-corrected chi connectivity index (χ0v) is 11.4. The summed E-state index contributed by atoms with van der Waals surface area (Å²) >= 11 is 0. The van der Waals surface area contributed by atoms with Gasteiger partial charge in [-0.25, -0.2) is 0 Å². The van der Waals surface area contributed by atoms with Gasteiger partial charge in [0.15, 0.2) is 0 Å². The van der Waals surface area contributed by atoms with Gasteiger partial charge in [0.1, 0.15) is 6.04 Å². The Morgan fingerprint density at radius 2 is 1.55 bits per heavy atom. The van der Waals surface area contributed by atoms with E-state index in [-0.39, 0.29) is 5.91 Å². The van der Waals surface area contributed by atoms with E-state index in [9.17, 15) is 18.0 Å². The van der Waals surface area contributed by atoms with Gasteiger partial charge in [-0.05, 0) is 29.8 Å². The number of β-lactam (4-membered cyclic amide) rings is 1. The van der Waals surface area contributed by atoms with E-state index in [2.05, 4.69) is 0 Å². The molecule has 0 aromatic heterocycles. The van der Waals surface area contributed by atoms with Gasteiger partial charge in [0.2, 0.25) is 5.91 Å². The summed E-state index contributed by atoms with van der Waals surface area (Å²) in [6.07, 6.45) is -4.38. The van der Waals surface area contributed by atoms with Crippen LogP contribution in [0.5, 0.6) is 0 Å². The molecule has 1 aliphatic rings. The van der Waals surface area contributed by atoms with Crippen LogP contribution in [0.2, 0.25) is 0 Å². The molecule has 2 aromatic rings. The van der Waals surface area contributed by atoms with Crippen molar-refractivity contribution in [3.05, 3.63) is 65.7 Å². The van der Waals surface area contributed by atoms with Crippen LogP contribution in [0, 0.1) is 0 Å². The van der Waals surface area contributed by atoms with Crippen LogP contribution in [-0.4, -0.2) is 11.9 Å². The summed E-state index contributed by atoms with van der Waals surface area (Å²) in [6, 6.07) is 12.5. The summed E-state index contributed by atoms with van der Waals surface area (Å²) < 4.78 is 37.8. The largest absolute Gasteiger partial charge is 0.416 e. The van der Waals surface area contributed by atoms with Crippen molar-refractivity contribution in [2.45, 2.75) is 18.3 Å². The van der Waals surface area contributed by atoms with Crippen LogP contribution in [0.1, 0.15) is 17.2 Å². The molecule has 0 saturated carbocycles. The minimum absolute atomic E-state index is 0.240. The Labute approximate surface area is 125 Å². The number of anilines is 1. The molecule has 1 aliphatic heterocycles. The van der Waals surface area contributed by atoms with Gasteiger partial charge in [0, 0.05) is 5.69 Å². The first-order valence-corrected chi connectivity index (χ1v) is 6.70. The van der Waals surface area contributed by atoms with Crippen LogP contribution in [0.25, 0.3) is 0 Å². The SMILES string of the molecule is N[C@H]1C(=O)N(c2ccccc2)[C@@H]1c1ccc(C(F)(F)F)cc1. The Morgan fingerprint density at radius 1 is 0.955 bits per heavy atom. The van der Waals surface area contributed by atoms with Crippen molar-refractivity contribution in [1.82, 2.24) is 0 Å². The number of benzene rings is 2. The number of nitrogens with zero attached hydrogens (tertiary/aromatic N) is 1. The normalized spacial score (nSPS) is 21.6. The number of alkyl halides is 3. The lowest BCUT2D eigenvalue weighted by atomic mass is 9.88. The lowest BCUT2D eigenvalue weighted by Gasteiger charge is -2.45. The molecule has 6 heteroatoms. The fourth-order valence-electron chi connectivity index (χ4n) is 2.61. The van der Waals surface area contributed by atoms with Gasteiger partial charge >= 0.3 is 6.18 Å². The molecule has 2 N–H and O–H groups in total. The van der Waals surface area contributed by atoms with Crippen LogP contribution in [0.15, 0.2) is 54.6 Å². The minimum Gasteiger partial charge on any atom is -0.318 e. The molecule has 1 saturated heterocycles. The minimum atomic E-state index is -4.38. The summed E-state index contributed by atoms with van der Waals surface area (Å²) in [5, 5.41) is 0. The number of halogens is 3. The van der Waals surface area contributed by atoms with Gasteiger partial charge in [0.05, 0.1) is 11.6 Å². The van der Waals surface area contributed by atoms with Crippen LogP contribution in [0.4, 0.5) is 18.9 Å². The molecule has 0 unspecified atom stereocenters. The lowest BCUT2D eigenvalue weighted by Crippen LogP contribution is -2.63. The molecule has 114 valence electrons. The lowest BCUT2D eigenvalue weighted by molar-refractivity contribution is -0.137. The Kier molecular flexibility index (Phi) is 3.41. The van der Waals surface area contributed by atoms with Gasteiger partial charge in [-0.2, -0.15) is 13.2 Å². The van der Waals surface area contributed by atoms with Gasteiger partial charge in [-0.3, -0.25) is 4.79 Å². The van der Waals surface area contributed by atoms with E-state index in [4.69, 9.17) is 5.73 Å². The molecule has 1 amide bonds. The molecule has 0 spiro atoms. The molecule has 2 aromatic carbocycles. The zero-order valence-electron chi connectivity index (χ0n) is 11.4. The Balaban J connectivity index is 1.91. The third-order valence-corrected chi connectivity index (χ3v) is 3.75. The highest BCUT2D eigenvalue weighted by Gasteiger charge is 2.46. The highest BCUT2D eigenvalue weighted by molar-refractivity contribution is 6.05. The van der Waals surface area contributed by atoms with Gasteiger partial charge in [0.25, 0.3) is 0 Å². The first-order chi connectivity index (χ1) is 10.4. The molecule has 0 bridgehead atoms. The van der Waals surface area contributed by atoms with Crippen molar-refractivity contribution in [2.75, 3.05) is 4.90 Å². The van der Waals surface area contributed by atoms with E-state index in [1.54, 1.807) is 24.3 Å². The fraction of sp³-hybridized carbons (Fsp3) is 0.188. The van der Waals surface area contributed by atoms with Crippen molar-refractivity contribution in [3.8, 4) is 0 Å². The molecule has 1 fully saturated rings. The molecule has 2 atom stereocenters. The summed E-state index contributed by atoms with van der Waals surface area (Å²) in [4.78, 5) is 13.5. The smallest absolute Gasteiger partial charge is 0.318 e. The van der Waals surface area contributed by atoms with Crippen LogP contribution < -0.4 is 10.6 Å². The number of carbonyl (C=O) groups excluding carboxylic acids is 1. The van der Waals surface area contributed by atoms with Crippen molar-refractivity contribution < 1.29 is 18.0 Å². The van der Waals surface area contributed by atoms with Crippen molar-refractivity contribution in [3.63, 3.8) is 0 Å². The van der Waals surface area contributed by atoms with Crippen LogP contribution in [0.3, 0.4) is 0 Å². The Hall–Kier alpha value is -2.34. The monoisotopic (exact) mass is 306 g/mol. The summed E-state index contributed by atoms with van der Waals surface area (Å²) in [5.74, 6) is -0.240. The topological polar surface area (TPSA) is 46.3 Å². The van der Waals surface area contributed by atoms with E-state index >= 15 is 0 Å². The van der Waals surface area contributed by atoms with Crippen molar-refractivity contribution >= 4 is 11.6 Å². The molecular formula is C16H13F3N2O. The molecule has 0 radical (unpaired) electrons. The van der Waals surface area contributed by atoms with E-state index in [0.29, 0.717) is 11.3 Å². The number of amides is 1. The molecule has 22 heavy (non-hydrogen) atoms.